The van der Waals surface area contributed by atoms with Gasteiger partial charge in [-0.25, -0.2) is 19.6 Å². The summed E-state index contributed by atoms with van der Waals surface area (Å²) in [6, 6.07) is 25.5. The number of methoxy groups -OCH3 is 2. The highest BCUT2D eigenvalue weighted by atomic mass is 16.5. The van der Waals surface area contributed by atoms with Crippen molar-refractivity contribution in [2.75, 3.05) is 14.2 Å². The van der Waals surface area contributed by atoms with Crippen LogP contribution in [0.4, 0.5) is 9.59 Å². The summed E-state index contributed by atoms with van der Waals surface area (Å²) >= 11 is 0. The molecule has 14 heteroatoms. The Morgan fingerprint density at radius 2 is 0.973 bits per heavy atom. The summed E-state index contributed by atoms with van der Waals surface area (Å²) in [7, 11) is 2.66. The predicted molar refractivity (Wildman–Crippen MR) is 286 cm³/mol. The second-order valence-corrected chi connectivity index (χ2v) is 22.6. The van der Waals surface area contributed by atoms with Crippen LogP contribution in [0, 0.1) is 23.7 Å². The lowest BCUT2D eigenvalue weighted by atomic mass is 9.84. The van der Waals surface area contributed by atoms with Gasteiger partial charge < -0.3 is 39.9 Å². The molecule has 6 aromatic rings. The molecule has 4 bridgehead atoms. The third-order valence-electron chi connectivity index (χ3n) is 17.4. The van der Waals surface area contributed by atoms with Crippen LogP contribution >= 0.6 is 0 Å². The number of H-pyrrole nitrogens is 2. The zero-order chi connectivity index (χ0) is 51.4. The first-order valence-corrected chi connectivity index (χ1v) is 27.4. The lowest BCUT2D eigenvalue weighted by molar-refractivity contribution is -0.139. The number of aromatic nitrogens is 4. The SMILES string of the molecule is COC(=O)N[C@H](C(=O)N1C(c2nc3ccc(-c4cc5ccc4CCc4ccc(c(-c6ccc7nc(C8C[C@@H]9CCCC[C@@H]9N8C(=O)[C@@H](NC(=O)OC)C(C)C)[nH]c7c6)c4)CC5)cc3[nH]2)C[C@@H]2CCCC[C@@H]21)C(C)C. The number of amides is 4. The number of aromatic amines is 2. The molecule has 14 nitrogen and oxygen atoms in total. The van der Waals surface area contributed by atoms with Gasteiger partial charge in [0.1, 0.15) is 23.7 Å². The summed E-state index contributed by atoms with van der Waals surface area (Å²) in [5, 5.41) is 5.68. The van der Waals surface area contributed by atoms with Crippen molar-refractivity contribution in [3.63, 3.8) is 0 Å². The minimum atomic E-state index is -0.694. The van der Waals surface area contributed by atoms with Gasteiger partial charge in [-0.05, 0) is 157 Å². The van der Waals surface area contributed by atoms with Crippen LogP contribution in [0.1, 0.15) is 138 Å². The highest BCUT2D eigenvalue weighted by Crippen LogP contribution is 2.48. The van der Waals surface area contributed by atoms with Crippen LogP contribution in [0.25, 0.3) is 44.3 Å². The predicted octanol–water partition coefficient (Wildman–Crippen LogP) is 11.1. The van der Waals surface area contributed by atoms with Gasteiger partial charge in [-0.15, -0.1) is 0 Å². The summed E-state index contributed by atoms with van der Waals surface area (Å²) in [5.41, 5.74) is 13.5. The van der Waals surface area contributed by atoms with Crippen molar-refractivity contribution in [3.05, 3.63) is 107 Å². The van der Waals surface area contributed by atoms with Gasteiger partial charge in [0.15, 0.2) is 0 Å². The highest BCUT2D eigenvalue weighted by Gasteiger charge is 2.50. The van der Waals surface area contributed by atoms with E-state index in [0.29, 0.717) is 11.8 Å². The standard InChI is InChI=1S/C60H72N8O6/c1-33(2)53(65-59(71)73-5)57(69)67-49-13-9-7-11-41(49)31-51(67)55-61-45-25-23-39(29-47(45)63-55)43-27-35-15-19-37(43)21-17-36-16-20-38(22-18-35)44(28-36)40-24-26-46-48(30-40)64-56(62-46)52-32-42-12-8-10-14-50(42)68(52)58(70)54(34(3)4)66-60(72)74-6/h15-16,19-20,23-30,33-34,41-42,49-54H,7-14,17-18,21-22,31-32H2,1-6H3,(H,61,63)(H,62,64)(H,65,71)(H,66,72)/t41-,42-,49-,50-,51?,52?,53-,54-/m0/s1. The molecule has 2 aromatic heterocycles. The number of carbonyl (C=O) groups excluding carboxylic acids is 4. The Kier molecular flexibility index (Phi) is 13.7. The second-order valence-electron chi connectivity index (χ2n) is 22.6. The number of hydrogen-bond donors (Lipinski definition) is 4. The van der Waals surface area contributed by atoms with Crippen molar-refractivity contribution in [3.8, 4) is 22.3 Å². The molecule has 4 fully saturated rings. The summed E-state index contributed by atoms with van der Waals surface area (Å²) in [6.07, 6.45) is 12.6. The van der Waals surface area contributed by atoms with Crippen molar-refractivity contribution in [2.24, 2.45) is 23.7 Å². The maximum Gasteiger partial charge on any atom is 0.407 e. The first-order chi connectivity index (χ1) is 35.8. The number of nitrogens with zero attached hydrogens (tertiary/aromatic N) is 4. The number of imidazole rings is 2. The van der Waals surface area contributed by atoms with Gasteiger partial charge in [0, 0.05) is 12.1 Å². The zero-order valence-corrected chi connectivity index (χ0v) is 43.8. The first-order valence-electron chi connectivity index (χ1n) is 27.4. The van der Waals surface area contributed by atoms with E-state index >= 15 is 0 Å². The Bertz CT molecular complexity index is 2900. The molecule has 8 atom stereocenters. The average molecular weight is 1000 g/mol. The van der Waals surface area contributed by atoms with Crippen LogP contribution in [0.3, 0.4) is 0 Å². The highest BCUT2D eigenvalue weighted by molar-refractivity contribution is 5.89. The van der Waals surface area contributed by atoms with Crippen molar-refractivity contribution in [1.29, 1.82) is 0 Å². The Labute approximate surface area is 434 Å². The minimum Gasteiger partial charge on any atom is -0.453 e. The number of fused-ring (bicyclic) bond motifs is 4. The molecule has 74 heavy (non-hydrogen) atoms. The third kappa shape index (κ3) is 9.42. The second kappa shape index (κ2) is 20.5. The van der Waals surface area contributed by atoms with E-state index in [1.165, 1.54) is 47.6 Å². The largest absolute Gasteiger partial charge is 0.453 e. The van der Waals surface area contributed by atoms with Crippen LogP contribution in [0.2, 0.25) is 0 Å². The number of hydrogen-bond acceptors (Lipinski definition) is 8. The lowest BCUT2D eigenvalue weighted by Gasteiger charge is -2.36. The molecule has 0 spiro atoms. The van der Waals surface area contributed by atoms with Crippen LogP contribution in [-0.4, -0.2) is 92.1 Å². The summed E-state index contributed by atoms with van der Waals surface area (Å²) in [4.78, 5) is 75.7. The smallest absolute Gasteiger partial charge is 0.407 e. The molecule has 2 saturated carbocycles. The normalized spacial score (nSPS) is 23.4. The molecule has 0 radical (unpaired) electrons. The Balaban J connectivity index is 0.849. The molecule has 4 heterocycles. The maximum atomic E-state index is 14.5. The molecule has 4 amide bonds. The molecule has 388 valence electrons. The van der Waals surface area contributed by atoms with E-state index in [1.807, 2.05) is 27.7 Å². The van der Waals surface area contributed by atoms with Crippen LogP contribution in [0.15, 0.2) is 72.8 Å². The fraction of sp³-hybridized carbons (Fsp3) is 0.500. The monoisotopic (exact) mass is 1000 g/mol. The first kappa shape index (κ1) is 49.5. The number of nitrogens with one attached hydrogen (secondary N) is 4. The van der Waals surface area contributed by atoms with E-state index in [2.05, 4.69) is 103 Å². The van der Waals surface area contributed by atoms with E-state index in [0.717, 1.165) is 135 Å². The molecule has 6 aliphatic carbocycles. The number of ether oxygens (including phenoxy) is 2. The number of aryl methyl sites for hydroxylation is 4. The van der Waals surface area contributed by atoms with Crippen molar-refractivity contribution < 1.29 is 28.7 Å². The minimum absolute atomic E-state index is 0.0671. The van der Waals surface area contributed by atoms with Gasteiger partial charge in [-0.2, -0.15) is 0 Å². The summed E-state index contributed by atoms with van der Waals surface area (Å²) in [5.74, 6) is 2.04. The molecular weight excluding hydrogens is 929 g/mol. The van der Waals surface area contributed by atoms with Gasteiger partial charge in [-0.1, -0.05) is 102 Å². The topological polar surface area (TPSA) is 175 Å². The van der Waals surface area contributed by atoms with E-state index in [9.17, 15) is 19.2 Å². The molecule has 2 unspecified atom stereocenters. The number of alkyl carbamates (subject to hydrolysis) is 2. The third-order valence-corrected chi connectivity index (χ3v) is 17.4. The van der Waals surface area contributed by atoms with Gasteiger partial charge in [0.2, 0.25) is 11.8 Å². The lowest BCUT2D eigenvalue weighted by Crippen LogP contribution is -2.53. The fourth-order valence-corrected chi connectivity index (χ4v) is 13.6. The van der Waals surface area contributed by atoms with E-state index in [4.69, 9.17) is 19.4 Å². The van der Waals surface area contributed by atoms with Crippen LogP contribution in [-0.2, 0) is 44.7 Å². The van der Waals surface area contributed by atoms with Gasteiger partial charge in [0.05, 0.1) is 48.4 Å². The van der Waals surface area contributed by atoms with Crippen molar-refractivity contribution in [2.45, 2.75) is 154 Å². The molecule has 14 rings (SSSR count). The Hall–Kier alpha value is -6.70. The van der Waals surface area contributed by atoms with Gasteiger partial charge in [-0.3, -0.25) is 9.59 Å². The molecule has 2 aliphatic heterocycles. The number of rotatable bonds is 10. The molecular formula is C60H72N8O6. The fourth-order valence-electron chi connectivity index (χ4n) is 13.6. The maximum absolute atomic E-state index is 14.5. The summed E-state index contributed by atoms with van der Waals surface area (Å²) < 4.78 is 9.87. The molecule has 4 N–H and O–H groups in total. The van der Waals surface area contributed by atoms with Crippen molar-refractivity contribution >= 4 is 46.1 Å². The Morgan fingerprint density at radius 1 is 0.554 bits per heavy atom. The Morgan fingerprint density at radius 3 is 1.38 bits per heavy atom. The van der Waals surface area contributed by atoms with Crippen LogP contribution in [0.5, 0.6) is 0 Å². The number of benzene rings is 4. The number of carbonyl (C=O) groups is 4. The molecule has 4 aromatic carbocycles. The van der Waals surface area contributed by atoms with Crippen LogP contribution < -0.4 is 10.6 Å². The molecule has 2 saturated heterocycles. The summed E-state index contributed by atoms with van der Waals surface area (Å²) in [6.45, 7) is 7.85. The van der Waals surface area contributed by atoms with Gasteiger partial charge >= 0.3 is 12.2 Å². The van der Waals surface area contributed by atoms with E-state index in [-0.39, 0.29) is 47.8 Å². The number of likely N-dealkylation sites (tertiary alicyclic amines) is 2. The van der Waals surface area contributed by atoms with Gasteiger partial charge in [0.25, 0.3) is 0 Å². The molecule has 8 aliphatic rings. The average Bonchev–Trinajstić information content (AvgIpc) is 4.21. The van der Waals surface area contributed by atoms with E-state index < -0.39 is 24.3 Å². The van der Waals surface area contributed by atoms with E-state index in [1.54, 1.807) is 0 Å². The quantitative estimate of drug-likeness (QED) is 0.105. The zero-order valence-electron chi connectivity index (χ0n) is 43.8. The van der Waals surface area contributed by atoms with Crippen molar-refractivity contribution in [1.82, 2.24) is 40.4 Å².